The first-order valence-electron chi connectivity index (χ1n) is 9.81. The highest BCUT2D eigenvalue weighted by molar-refractivity contribution is 7.16. The van der Waals surface area contributed by atoms with E-state index in [0.29, 0.717) is 30.9 Å². The van der Waals surface area contributed by atoms with Gasteiger partial charge in [0.25, 0.3) is 0 Å². The van der Waals surface area contributed by atoms with Gasteiger partial charge in [0, 0.05) is 38.5 Å². The van der Waals surface area contributed by atoms with E-state index in [0.717, 1.165) is 21.6 Å². The second kappa shape index (κ2) is 7.92. The zero-order valence-corrected chi connectivity index (χ0v) is 17.5. The normalized spacial score (nSPS) is 21.7. The number of aromatic nitrogens is 2. The quantitative estimate of drug-likeness (QED) is 0.453. The molecule has 3 heterocycles. The van der Waals surface area contributed by atoms with Gasteiger partial charge in [0.15, 0.2) is 5.58 Å². The second-order valence-electron chi connectivity index (χ2n) is 7.58. The molecule has 5 rings (SSSR count). The van der Waals surface area contributed by atoms with Gasteiger partial charge in [0.1, 0.15) is 24.3 Å². The van der Waals surface area contributed by atoms with E-state index in [4.69, 9.17) is 14.0 Å². The fourth-order valence-corrected chi connectivity index (χ4v) is 4.73. The Morgan fingerprint density at radius 3 is 2.90 bits per heavy atom. The van der Waals surface area contributed by atoms with E-state index in [1.807, 2.05) is 35.0 Å². The summed E-state index contributed by atoms with van der Waals surface area (Å²) in [5, 5.41) is 1.83. The van der Waals surface area contributed by atoms with Crippen molar-refractivity contribution >= 4 is 21.6 Å². The monoisotopic (exact) mass is 441 g/mol. The molecular formula is C22H20FN3O4S. The minimum Gasteiger partial charge on any atom is -0.491 e. The molecule has 2 aromatic carbocycles. The molecule has 4 aromatic rings. The van der Waals surface area contributed by atoms with Crippen LogP contribution in [0, 0.1) is 5.82 Å². The molecule has 0 spiro atoms. The molecule has 1 saturated heterocycles. The lowest BCUT2D eigenvalue weighted by Gasteiger charge is -2.34. The SMILES string of the molecule is CN1OC(COc2ccc3sc(=O)oc3c2)CC1(Cn1ccnc1)c1ccc(F)cc1. The summed E-state index contributed by atoms with van der Waals surface area (Å²) in [4.78, 5) is 21.4. The van der Waals surface area contributed by atoms with Crippen molar-refractivity contribution in [3.05, 3.63) is 82.3 Å². The Labute approximate surface area is 181 Å². The number of imidazole rings is 1. The average Bonchev–Trinajstić information content (AvgIpc) is 3.46. The number of hydrogen-bond donors (Lipinski definition) is 0. The third-order valence-electron chi connectivity index (χ3n) is 5.60. The maximum absolute atomic E-state index is 13.6. The highest BCUT2D eigenvalue weighted by Crippen LogP contribution is 2.41. The summed E-state index contributed by atoms with van der Waals surface area (Å²) < 4.78 is 27.4. The van der Waals surface area contributed by atoms with Crippen LogP contribution in [0.15, 0.2) is 70.4 Å². The van der Waals surface area contributed by atoms with E-state index < -0.39 is 5.54 Å². The number of hydroxylamine groups is 2. The Hall–Kier alpha value is -3.01. The van der Waals surface area contributed by atoms with Crippen LogP contribution in [0.25, 0.3) is 10.3 Å². The van der Waals surface area contributed by atoms with Crippen molar-refractivity contribution in [2.24, 2.45) is 0 Å². The fraction of sp³-hybridized carbons (Fsp3) is 0.273. The average molecular weight is 441 g/mol. The first-order chi connectivity index (χ1) is 15.0. The molecule has 2 unspecified atom stereocenters. The van der Waals surface area contributed by atoms with Crippen molar-refractivity contribution in [2.75, 3.05) is 13.7 Å². The zero-order chi connectivity index (χ0) is 21.4. The lowest BCUT2D eigenvalue weighted by molar-refractivity contribution is -0.179. The van der Waals surface area contributed by atoms with Crippen LogP contribution in [0.1, 0.15) is 12.0 Å². The molecule has 0 N–H and O–H groups in total. The molecule has 1 fully saturated rings. The Morgan fingerprint density at radius 1 is 1.29 bits per heavy atom. The maximum atomic E-state index is 13.6. The van der Waals surface area contributed by atoms with Crippen molar-refractivity contribution < 1.29 is 18.4 Å². The summed E-state index contributed by atoms with van der Waals surface area (Å²) in [5.41, 5.74) is 0.957. The molecule has 0 radical (unpaired) electrons. The smallest absolute Gasteiger partial charge is 0.396 e. The Kier molecular flexibility index (Phi) is 5.09. The Morgan fingerprint density at radius 2 is 2.13 bits per heavy atom. The number of halogens is 1. The number of fused-ring (bicyclic) bond motifs is 1. The van der Waals surface area contributed by atoms with Gasteiger partial charge in [-0.2, -0.15) is 5.06 Å². The first kappa shape index (κ1) is 19.9. The van der Waals surface area contributed by atoms with Crippen LogP contribution in [-0.4, -0.2) is 34.4 Å². The summed E-state index contributed by atoms with van der Waals surface area (Å²) >= 11 is 1.06. The zero-order valence-electron chi connectivity index (χ0n) is 16.7. The van der Waals surface area contributed by atoms with Gasteiger partial charge in [-0.05, 0) is 29.8 Å². The van der Waals surface area contributed by atoms with Crippen LogP contribution < -0.4 is 9.68 Å². The molecule has 2 aromatic heterocycles. The summed E-state index contributed by atoms with van der Waals surface area (Å²) in [6.07, 6.45) is 5.81. The predicted molar refractivity (Wildman–Crippen MR) is 113 cm³/mol. The van der Waals surface area contributed by atoms with E-state index in [-0.39, 0.29) is 16.9 Å². The molecule has 160 valence electrons. The van der Waals surface area contributed by atoms with Crippen molar-refractivity contribution in [1.82, 2.24) is 14.6 Å². The van der Waals surface area contributed by atoms with Gasteiger partial charge in [-0.15, -0.1) is 0 Å². The summed E-state index contributed by atoms with van der Waals surface area (Å²) in [7, 11) is 1.88. The van der Waals surface area contributed by atoms with Gasteiger partial charge >= 0.3 is 4.94 Å². The lowest BCUT2D eigenvalue weighted by Crippen LogP contribution is -2.41. The molecule has 0 bridgehead atoms. The lowest BCUT2D eigenvalue weighted by atomic mass is 9.85. The van der Waals surface area contributed by atoms with Gasteiger partial charge in [-0.1, -0.05) is 23.5 Å². The maximum Gasteiger partial charge on any atom is 0.396 e. The highest BCUT2D eigenvalue weighted by atomic mass is 32.1. The molecule has 2 atom stereocenters. The predicted octanol–water partition coefficient (Wildman–Crippen LogP) is 3.80. The van der Waals surface area contributed by atoms with E-state index in [1.165, 1.54) is 12.1 Å². The van der Waals surface area contributed by atoms with Crippen molar-refractivity contribution in [2.45, 2.75) is 24.6 Å². The van der Waals surface area contributed by atoms with Crippen molar-refractivity contribution in [3.63, 3.8) is 0 Å². The van der Waals surface area contributed by atoms with Crippen LogP contribution in [0.3, 0.4) is 0 Å². The molecule has 1 aliphatic rings. The molecule has 0 aliphatic carbocycles. The van der Waals surface area contributed by atoms with E-state index in [2.05, 4.69) is 4.98 Å². The van der Waals surface area contributed by atoms with E-state index in [1.54, 1.807) is 30.7 Å². The molecule has 0 saturated carbocycles. The fourth-order valence-electron chi connectivity index (χ4n) is 4.09. The highest BCUT2D eigenvalue weighted by Gasteiger charge is 2.47. The van der Waals surface area contributed by atoms with Crippen LogP contribution >= 0.6 is 11.3 Å². The third-order valence-corrected chi connectivity index (χ3v) is 6.41. The van der Waals surface area contributed by atoms with Gasteiger partial charge in [-0.25, -0.2) is 14.2 Å². The standard InChI is InChI=1S/C22H20FN3O4S/c1-25-22(13-26-9-8-24-14-26,15-2-4-16(23)5-3-15)11-18(30-25)12-28-17-6-7-20-19(10-17)29-21(27)31-20/h2-10,14,18H,11-13H2,1H3. The molecule has 0 amide bonds. The van der Waals surface area contributed by atoms with Crippen molar-refractivity contribution in [1.29, 1.82) is 0 Å². The van der Waals surface area contributed by atoms with Gasteiger partial charge in [0.05, 0.1) is 16.6 Å². The topological polar surface area (TPSA) is 69.7 Å². The van der Waals surface area contributed by atoms with Crippen LogP contribution in [0.5, 0.6) is 5.75 Å². The molecule has 31 heavy (non-hydrogen) atoms. The second-order valence-corrected chi connectivity index (χ2v) is 8.55. The molecule has 7 nitrogen and oxygen atoms in total. The number of nitrogens with zero attached hydrogens (tertiary/aromatic N) is 3. The first-order valence-corrected chi connectivity index (χ1v) is 10.6. The minimum absolute atomic E-state index is 0.219. The van der Waals surface area contributed by atoms with Gasteiger partial charge in [-0.3, -0.25) is 4.84 Å². The van der Waals surface area contributed by atoms with Gasteiger partial charge in [0.2, 0.25) is 0 Å². The molecule has 1 aliphatic heterocycles. The summed E-state index contributed by atoms with van der Waals surface area (Å²) in [6.45, 7) is 0.911. The number of ether oxygens (including phenoxy) is 1. The molecular weight excluding hydrogens is 421 g/mol. The number of hydrogen-bond acceptors (Lipinski definition) is 7. The van der Waals surface area contributed by atoms with Gasteiger partial charge < -0.3 is 13.7 Å². The van der Waals surface area contributed by atoms with Crippen LogP contribution in [0.4, 0.5) is 4.39 Å². The third kappa shape index (κ3) is 3.87. The van der Waals surface area contributed by atoms with Crippen LogP contribution in [-0.2, 0) is 16.9 Å². The van der Waals surface area contributed by atoms with E-state index >= 15 is 0 Å². The number of benzene rings is 2. The summed E-state index contributed by atoms with van der Waals surface area (Å²) in [5.74, 6) is 0.327. The number of rotatable bonds is 6. The molecule has 9 heteroatoms. The largest absolute Gasteiger partial charge is 0.491 e. The van der Waals surface area contributed by atoms with Crippen molar-refractivity contribution in [3.8, 4) is 5.75 Å². The van der Waals surface area contributed by atoms with Crippen LogP contribution in [0.2, 0.25) is 0 Å². The Balaban J connectivity index is 1.37. The minimum atomic E-state index is -0.507. The summed E-state index contributed by atoms with van der Waals surface area (Å²) in [6, 6.07) is 11.8. The Bertz CT molecular complexity index is 1240. The van der Waals surface area contributed by atoms with E-state index in [9.17, 15) is 9.18 Å². The number of likely N-dealkylation sites (N-methyl/N-ethyl adjacent to an activating group) is 1.